The van der Waals surface area contributed by atoms with E-state index in [1.165, 1.54) is 0 Å². The molecular formula is C39H29NO8S. The molecule has 0 radical (unpaired) electrons. The van der Waals surface area contributed by atoms with Crippen molar-refractivity contribution in [1.82, 2.24) is 0 Å². The van der Waals surface area contributed by atoms with E-state index in [4.69, 9.17) is 9.41 Å². The fraction of sp³-hybridized carbons (Fsp3) is 0.103. The van der Waals surface area contributed by atoms with Gasteiger partial charge in [0.1, 0.15) is 16.9 Å². The van der Waals surface area contributed by atoms with E-state index in [9.17, 15) is 35.7 Å². The molecule has 0 fully saturated rings. The number of phenolic OH excluding ortho intramolecular Hbond substituents is 7. The van der Waals surface area contributed by atoms with Crippen LogP contribution in [0.15, 0.2) is 94.4 Å². The number of furan rings is 1. The highest BCUT2D eigenvalue weighted by Gasteiger charge is 2.31. The van der Waals surface area contributed by atoms with Crippen LogP contribution in [0.2, 0.25) is 0 Å². The summed E-state index contributed by atoms with van der Waals surface area (Å²) in [6.45, 7) is 2.32. The zero-order chi connectivity index (χ0) is 34.1. The van der Waals surface area contributed by atoms with Crippen molar-refractivity contribution >= 4 is 64.7 Å². The first kappa shape index (κ1) is 30.2. The number of aromatic hydroxyl groups is 7. The molecule has 9 nitrogen and oxygen atoms in total. The smallest absolute Gasteiger partial charge is 0.205 e. The number of aliphatic imine (C=N–C) groups is 1. The minimum atomic E-state index is -1.01. The molecule has 7 N–H and O–H groups in total. The molecule has 1 aliphatic rings. The normalized spacial score (nSPS) is 15.2. The molecule has 7 aromatic rings. The lowest BCUT2D eigenvalue weighted by Gasteiger charge is -2.15. The fourth-order valence-electron chi connectivity index (χ4n) is 6.46. The van der Waals surface area contributed by atoms with Crippen molar-refractivity contribution in [1.29, 1.82) is 0 Å². The van der Waals surface area contributed by atoms with Crippen LogP contribution in [-0.4, -0.2) is 41.5 Å². The van der Waals surface area contributed by atoms with E-state index in [0.29, 0.717) is 22.6 Å². The Morgan fingerprint density at radius 1 is 0.735 bits per heavy atom. The maximum atomic E-state index is 11.8. The summed E-state index contributed by atoms with van der Waals surface area (Å²) in [4.78, 5) is 4.88. The summed E-state index contributed by atoms with van der Waals surface area (Å²) >= 11 is 0.750. The molecule has 244 valence electrons. The van der Waals surface area contributed by atoms with Crippen LogP contribution in [0.25, 0.3) is 47.7 Å². The molecule has 5 aromatic carbocycles. The summed E-state index contributed by atoms with van der Waals surface area (Å²) in [5.41, 5.74) is 4.73. The van der Waals surface area contributed by atoms with Crippen molar-refractivity contribution < 1.29 is 40.2 Å². The SMILES string of the molecule is CC1C=CC(c2ccc(CN=C(c3ccc4c(c3)oc3ccccc34)c3c(O)c(O)c4c(sc5c(O)c(O)c(O)c(O)c54)c3O)cc2)=CC1. The van der Waals surface area contributed by atoms with Crippen LogP contribution >= 0.6 is 11.3 Å². The second kappa shape index (κ2) is 11.2. The molecule has 0 spiro atoms. The third-order valence-electron chi connectivity index (χ3n) is 9.09. The Balaban J connectivity index is 1.31. The number of hydrogen-bond donors (Lipinski definition) is 7. The summed E-state index contributed by atoms with van der Waals surface area (Å²) in [6, 6.07) is 21.0. The largest absolute Gasteiger partial charge is 0.506 e. The predicted octanol–water partition coefficient (Wildman–Crippen LogP) is 8.91. The van der Waals surface area contributed by atoms with Crippen molar-refractivity contribution in [3.8, 4) is 40.2 Å². The first-order valence-corrected chi connectivity index (χ1v) is 16.4. The van der Waals surface area contributed by atoms with Crippen molar-refractivity contribution in [2.24, 2.45) is 10.9 Å². The lowest BCUT2D eigenvalue weighted by molar-refractivity contribution is 0.351. The molecule has 10 heteroatoms. The molecule has 0 saturated heterocycles. The number of rotatable bonds is 5. The lowest BCUT2D eigenvalue weighted by Crippen LogP contribution is -2.06. The highest BCUT2D eigenvalue weighted by Crippen LogP contribution is 2.59. The van der Waals surface area contributed by atoms with Gasteiger partial charge in [-0.1, -0.05) is 73.7 Å². The second-order valence-corrected chi connectivity index (χ2v) is 13.2. The topological polar surface area (TPSA) is 167 Å². The van der Waals surface area contributed by atoms with Gasteiger partial charge in [0.05, 0.1) is 38.0 Å². The molecule has 8 rings (SSSR count). The highest BCUT2D eigenvalue weighted by atomic mass is 32.1. The van der Waals surface area contributed by atoms with E-state index < -0.39 is 40.2 Å². The van der Waals surface area contributed by atoms with Crippen molar-refractivity contribution in [2.75, 3.05) is 0 Å². The average Bonchev–Trinajstić information content (AvgIpc) is 3.70. The van der Waals surface area contributed by atoms with E-state index in [1.807, 2.05) is 54.6 Å². The summed E-state index contributed by atoms with van der Waals surface area (Å²) in [5.74, 6) is -5.01. The molecule has 0 bridgehead atoms. The number of fused-ring (bicyclic) bond motifs is 6. The van der Waals surface area contributed by atoms with Crippen LogP contribution in [0.5, 0.6) is 40.2 Å². The van der Waals surface area contributed by atoms with Gasteiger partial charge in [0, 0.05) is 16.3 Å². The summed E-state index contributed by atoms with van der Waals surface area (Å²) in [7, 11) is 0. The highest BCUT2D eigenvalue weighted by molar-refractivity contribution is 7.26. The molecule has 49 heavy (non-hydrogen) atoms. The van der Waals surface area contributed by atoms with E-state index in [-0.39, 0.29) is 38.0 Å². The van der Waals surface area contributed by atoms with E-state index in [2.05, 4.69) is 25.2 Å². The Morgan fingerprint density at radius 3 is 2.14 bits per heavy atom. The van der Waals surface area contributed by atoms with Gasteiger partial charge < -0.3 is 40.2 Å². The first-order valence-electron chi connectivity index (χ1n) is 15.5. The van der Waals surface area contributed by atoms with Gasteiger partial charge in [0.2, 0.25) is 11.5 Å². The van der Waals surface area contributed by atoms with Crippen LogP contribution in [0.4, 0.5) is 0 Å². The predicted molar refractivity (Wildman–Crippen MR) is 191 cm³/mol. The summed E-state index contributed by atoms with van der Waals surface area (Å²) < 4.78 is 5.97. The number of phenols is 7. The van der Waals surface area contributed by atoms with E-state index >= 15 is 0 Å². The average molecular weight is 672 g/mol. The Bertz CT molecular complexity index is 2590. The first-order chi connectivity index (χ1) is 23.6. The van der Waals surface area contributed by atoms with Crippen LogP contribution in [-0.2, 0) is 6.54 Å². The Labute approximate surface area is 282 Å². The monoisotopic (exact) mass is 671 g/mol. The molecule has 0 saturated carbocycles. The van der Waals surface area contributed by atoms with Crippen LogP contribution in [0.1, 0.15) is 35.6 Å². The third-order valence-corrected chi connectivity index (χ3v) is 10.3. The molecule has 0 aliphatic heterocycles. The van der Waals surface area contributed by atoms with E-state index in [1.54, 1.807) is 12.1 Å². The fourth-order valence-corrected chi connectivity index (χ4v) is 7.65. The van der Waals surface area contributed by atoms with Gasteiger partial charge in [-0.3, -0.25) is 4.99 Å². The minimum Gasteiger partial charge on any atom is -0.506 e. The number of nitrogens with zero attached hydrogens (tertiary/aromatic N) is 1. The molecular weight excluding hydrogens is 642 g/mol. The van der Waals surface area contributed by atoms with Gasteiger partial charge >= 0.3 is 0 Å². The van der Waals surface area contributed by atoms with Gasteiger partial charge in [-0.25, -0.2) is 0 Å². The Hall–Kier alpha value is -6.13. The number of thiophene rings is 1. The Kier molecular flexibility index (Phi) is 6.93. The standard InChI is InChI=1S/C39H29NO8S/c1-18-6-10-20(11-7-18)21-12-8-19(9-13-21)17-40-30(22-14-15-24-23-4-2-3-5-25(23)48-26(24)16-22)29-33(43)31(41)27-28-32(42)35(45)36(46)37(47)39(28)49-38(27)34(29)44/h2-6,8-16,18,41-47H,7,17H2,1H3. The van der Waals surface area contributed by atoms with Gasteiger partial charge in [-0.05, 0) is 47.2 Å². The number of para-hydroxylation sites is 1. The quantitative estimate of drug-likeness (QED) is 0.0541. The van der Waals surface area contributed by atoms with Crippen molar-refractivity contribution in [2.45, 2.75) is 19.9 Å². The van der Waals surface area contributed by atoms with Crippen LogP contribution < -0.4 is 0 Å². The van der Waals surface area contributed by atoms with Gasteiger partial charge in [-0.2, -0.15) is 0 Å². The zero-order valence-corrected chi connectivity index (χ0v) is 26.8. The van der Waals surface area contributed by atoms with Gasteiger partial charge in [0.25, 0.3) is 0 Å². The Morgan fingerprint density at radius 2 is 1.41 bits per heavy atom. The molecule has 2 heterocycles. The van der Waals surface area contributed by atoms with Crippen LogP contribution in [0.3, 0.4) is 0 Å². The van der Waals surface area contributed by atoms with Crippen molar-refractivity contribution in [3.63, 3.8) is 0 Å². The van der Waals surface area contributed by atoms with Crippen molar-refractivity contribution in [3.05, 3.63) is 107 Å². The summed E-state index contributed by atoms with van der Waals surface area (Å²) in [6.07, 6.45) is 7.50. The zero-order valence-electron chi connectivity index (χ0n) is 26.0. The maximum Gasteiger partial charge on any atom is 0.205 e. The molecule has 1 atom stereocenters. The number of benzene rings is 5. The molecule has 1 unspecified atom stereocenters. The van der Waals surface area contributed by atoms with Crippen LogP contribution in [0, 0.1) is 5.92 Å². The summed E-state index contributed by atoms with van der Waals surface area (Å²) in [5, 5.41) is 77.6. The number of hydrogen-bond acceptors (Lipinski definition) is 10. The third kappa shape index (κ3) is 4.71. The molecule has 2 aromatic heterocycles. The second-order valence-electron chi connectivity index (χ2n) is 12.2. The minimum absolute atomic E-state index is 0.0269. The van der Waals surface area contributed by atoms with Gasteiger partial charge in [0.15, 0.2) is 23.0 Å². The maximum absolute atomic E-state index is 11.8. The van der Waals surface area contributed by atoms with E-state index in [0.717, 1.165) is 45.2 Å². The number of allylic oxidation sites excluding steroid dienone is 4. The lowest BCUT2D eigenvalue weighted by atomic mass is 9.94. The molecule has 1 aliphatic carbocycles. The molecule has 0 amide bonds. The van der Waals surface area contributed by atoms with Gasteiger partial charge in [-0.15, -0.1) is 11.3 Å².